The summed E-state index contributed by atoms with van der Waals surface area (Å²) in [5, 5.41) is 5.12. The molecule has 3 nitrogen and oxygen atoms in total. The molecule has 2 aromatic carbocycles. The molecule has 0 aliphatic heterocycles. The van der Waals surface area contributed by atoms with Gasteiger partial charge >= 0.3 is 0 Å². The van der Waals surface area contributed by atoms with Crippen LogP contribution in [0.25, 0.3) is 10.4 Å². The summed E-state index contributed by atoms with van der Waals surface area (Å²) in [6, 6.07) is 26.6. The third kappa shape index (κ3) is 4.98. The molecule has 4 aromatic rings. The van der Waals surface area contributed by atoms with Crippen molar-refractivity contribution in [2.75, 3.05) is 0 Å². The van der Waals surface area contributed by atoms with E-state index in [1.807, 2.05) is 54.9 Å². The zero-order valence-corrected chi connectivity index (χ0v) is 16.8. The molecule has 2 heterocycles. The van der Waals surface area contributed by atoms with Crippen molar-refractivity contribution in [1.82, 2.24) is 10.3 Å². The normalized spacial score (nSPS) is 10.8. The van der Waals surface area contributed by atoms with Crippen LogP contribution in [-0.2, 0) is 11.3 Å². The first-order valence-corrected chi connectivity index (χ1v) is 10.5. The maximum Gasteiger partial charge on any atom is 0.221 e. The first kappa shape index (κ1) is 19.1. The molecule has 4 heteroatoms. The molecule has 1 amide bonds. The average Bonchev–Trinajstić information content (AvgIpc) is 3.33. The van der Waals surface area contributed by atoms with E-state index < -0.39 is 0 Å². The van der Waals surface area contributed by atoms with E-state index in [-0.39, 0.29) is 11.8 Å². The number of nitrogens with one attached hydrogen (secondary N) is 1. The molecule has 0 saturated heterocycles. The van der Waals surface area contributed by atoms with Gasteiger partial charge in [-0.2, -0.15) is 0 Å². The van der Waals surface area contributed by atoms with Crippen LogP contribution in [0.5, 0.6) is 0 Å². The van der Waals surface area contributed by atoms with Gasteiger partial charge in [-0.05, 0) is 34.2 Å². The van der Waals surface area contributed by atoms with E-state index in [4.69, 9.17) is 0 Å². The molecule has 0 fully saturated rings. The van der Waals surface area contributed by atoms with Gasteiger partial charge in [-0.3, -0.25) is 9.78 Å². The SMILES string of the molecule is O=C(CC(c1ccccc1)c1ccccc1)NCc1cncc(-c2cccs2)c1. The second kappa shape index (κ2) is 9.30. The lowest BCUT2D eigenvalue weighted by Crippen LogP contribution is -2.25. The number of rotatable bonds is 7. The summed E-state index contributed by atoms with van der Waals surface area (Å²) < 4.78 is 0. The minimum Gasteiger partial charge on any atom is -0.352 e. The minimum atomic E-state index is 0.0317. The van der Waals surface area contributed by atoms with E-state index in [9.17, 15) is 4.79 Å². The molecule has 2 aromatic heterocycles. The maximum atomic E-state index is 12.8. The van der Waals surface area contributed by atoms with Crippen LogP contribution < -0.4 is 5.32 Å². The number of benzene rings is 2. The Balaban J connectivity index is 1.44. The molecule has 0 atom stereocenters. The van der Waals surface area contributed by atoms with Crippen molar-refractivity contribution in [2.45, 2.75) is 18.9 Å². The highest BCUT2D eigenvalue weighted by Gasteiger charge is 2.18. The number of carbonyl (C=O) groups excluding carboxylic acids is 1. The topological polar surface area (TPSA) is 42.0 Å². The first-order valence-electron chi connectivity index (χ1n) is 9.64. The van der Waals surface area contributed by atoms with Crippen molar-refractivity contribution in [3.05, 3.63) is 113 Å². The molecule has 0 radical (unpaired) electrons. The molecule has 0 spiro atoms. The molecule has 0 aliphatic carbocycles. The van der Waals surface area contributed by atoms with Crippen LogP contribution in [0.1, 0.15) is 29.0 Å². The summed E-state index contributed by atoms with van der Waals surface area (Å²) in [4.78, 5) is 18.3. The van der Waals surface area contributed by atoms with Gasteiger partial charge in [0.25, 0.3) is 0 Å². The summed E-state index contributed by atoms with van der Waals surface area (Å²) in [6.07, 6.45) is 4.08. The Kier molecular flexibility index (Phi) is 6.13. The lowest BCUT2D eigenvalue weighted by Gasteiger charge is -2.18. The Morgan fingerprint density at radius 2 is 1.59 bits per heavy atom. The van der Waals surface area contributed by atoms with Crippen LogP contribution >= 0.6 is 11.3 Å². The summed E-state index contributed by atoms with van der Waals surface area (Å²) >= 11 is 1.69. The highest BCUT2D eigenvalue weighted by molar-refractivity contribution is 7.13. The largest absolute Gasteiger partial charge is 0.352 e. The Morgan fingerprint density at radius 3 is 2.21 bits per heavy atom. The Morgan fingerprint density at radius 1 is 0.897 bits per heavy atom. The monoisotopic (exact) mass is 398 g/mol. The Bertz CT molecular complexity index is 1010. The highest BCUT2D eigenvalue weighted by atomic mass is 32.1. The van der Waals surface area contributed by atoms with Crippen molar-refractivity contribution >= 4 is 17.2 Å². The number of thiophene rings is 1. The van der Waals surface area contributed by atoms with Gasteiger partial charge in [-0.15, -0.1) is 11.3 Å². The number of amides is 1. The Hall–Kier alpha value is -3.24. The molecule has 0 saturated carbocycles. The first-order chi connectivity index (χ1) is 14.3. The van der Waals surface area contributed by atoms with Crippen molar-refractivity contribution in [3.63, 3.8) is 0 Å². The van der Waals surface area contributed by atoms with Crippen LogP contribution in [0.3, 0.4) is 0 Å². The number of aromatic nitrogens is 1. The zero-order chi connectivity index (χ0) is 19.9. The van der Waals surface area contributed by atoms with Crippen molar-refractivity contribution in [2.24, 2.45) is 0 Å². The highest BCUT2D eigenvalue weighted by Crippen LogP contribution is 2.28. The number of pyridine rings is 1. The summed E-state index contributed by atoms with van der Waals surface area (Å²) in [5.74, 6) is 0.0669. The van der Waals surface area contributed by atoms with E-state index in [1.165, 1.54) is 4.88 Å². The van der Waals surface area contributed by atoms with E-state index in [0.29, 0.717) is 13.0 Å². The lowest BCUT2D eigenvalue weighted by atomic mass is 9.88. The molecular weight excluding hydrogens is 376 g/mol. The van der Waals surface area contributed by atoms with Gasteiger partial charge in [0.15, 0.2) is 0 Å². The van der Waals surface area contributed by atoms with Gasteiger partial charge in [0, 0.05) is 41.7 Å². The number of nitrogens with zero attached hydrogens (tertiary/aromatic N) is 1. The van der Waals surface area contributed by atoms with Crippen molar-refractivity contribution in [3.8, 4) is 10.4 Å². The van der Waals surface area contributed by atoms with Crippen molar-refractivity contribution < 1.29 is 4.79 Å². The van der Waals surface area contributed by atoms with Crippen LogP contribution in [-0.4, -0.2) is 10.9 Å². The smallest absolute Gasteiger partial charge is 0.221 e. The third-order valence-corrected chi connectivity index (χ3v) is 5.80. The number of carbonyl (C=O) groups is 1. The van der Waals surface area contributed by atoms with E-state index in [1.54, 1.807) is 11.3 Å². The molecular formula is C25H22N2OS. The van der Waals surface area contributed by atoms with Gasteiger partial charge < -0.3 is 5.32 Å². The summed E-state index contributed by atoms with van der Waals surface area (Å²) in [7, 11) is 0. The second-order valence-electron chi connectivity index (χ2n) is 6.91. The standard InChI is InChI=1S/C25H22N2OS/c28-25(27-17-19-14-22(18-26-16-19)24-12-7-13-29-24)15-23(20-8-3-1-4-9-20)21-10-5-2-6-11-21/h1-14,16,18,23H,15,17H2,(H,27,28). The quantitative estimate of drug-likeness (QED) is 0.437. The number of hydrogen-bond donors (Lipinski definition) is 1. The average molecular weight is 399 g/mol. The minimum absolute atomic E-state index is 0.0317. The molecule has 4 rings (SSSR count). The molecule has 0 aliphatic rings. The fourth-order valence-electron chi connectivity index (χ4n) is 3.42. The summed E-state index contributed by atoms with van der Waals surface area (Å²) in [6.45, 7) is 0.474. The van der Waals surface area contributed by atoms with E-state index in [0.717, 1.165) is 22.3 Å². The molecule has 144 valence electrons. The predicted octanol–water partition coefficient (Wildman–Crippen LogP) is 5.65. The van der Waals surface area contributed by atoms with Gasteiger partial charge in [0.2, 0.25) is 5.91 Å². The fourth-order valence-corrected chi connectivity index (χ4v) is 4.13. The Labute approximate surface area is 175 Å². The van der Waals surface area contributed by atoms with Gasteiger partial charge in [0.1, 0.15) is 0 Å². The van der Waals surface area contributed by atoms with Crippen LogP contribution in [0.2, 0.25) is 0 Å². The van der Waals surface area contributed by atoms with E-state index >= 15 is 0 Å². The fraction of sp³-hybridized carbons (Fsp3) is 0.120. The second-order valence-corrected chi connectivity index (χ2v) is 7.86. The predicted molar refractivity (Wildman–Crippen MR) is 119 cm³/mol. The number of hydrogen-bond acceptors (Lipinski definition) is 3. The molecule has 0 bridgehead atoms. The van der Waals surface area contributed by atoms with Crippen LogP contribution in [0, 0.1) is 0 Å². The van der Waals surface area contributed by atoms with Crippen molar-refractivity contribution in [1.29, 1.82) is 0 Å². The van der Waals surface area contributed by atoms with Gasteiger partial charge in [-0.1, -0.05) is 66.7 Å². The maximum absolute atomic E-state index is 12.8. The van der Waals surface area contributed by atoms with Gasteiger partial charge in [0.05, 0.1) is 0 Å². The third-order valence-electron chi connectivity index (χ3n) is 4.88. The molecule has 1 N–H and O–H groups in total. The summed E-state index contributed by atoms with van der Waals surface area (Å²) in [5.41, 5.74) is 4.38. The lowest BCUT2D eigenvalue weighted by molar-refractivity contribution is -0.121. The molecule has 29 heavy (non-hydrogen) atoms. The van der Waals surface area contributed by atoms with Gasteiger partial charge in [-0.25, -0.2) is 0 Å². The zero-order valence-electron chi connectivity index (χ0n) is 16.0. The molecule has 0 unspecified atom stereocenters. The van der Waals surface area contributed by atoms with Crippen LogP contribution in [0.4, 0.5) is 0 Å². The van der Waals surface area contributed by atoms with E-state index in [2.05, 4.69) is 52.1 Å². The van der Waals surface area contributed by atoms with Crippen LogP contribution in [0.15, 0.2) is 96.6 Å².